The monoisotopic (exact) mass is 444 g/mol. The van der Waals surface area contributed by atoms with Crippen molar-refractivity contribution in [1.29, 1.82) is 0 Å². The molecule has 0 aliphatic heterocycles. The molecule has 4 atom stereocenters. The summed E-state index contributed by atoms with van der Waals surface area (Å²) in [6.07, 6.45) is 13.5. The van der Waals surface area contributed by atoms with Crippen LogP contribution in [0.4, 0.5) is 0 Å². The van der Waals surface area contributed by atoms with E-state index in [2.05, 4.69) is 12.2 Å². The van der Waals surface area contributed by atoms with Gasteiger partial charge in [0.2, 0.25) is 0 Å². The van der Waals surface area contributed by atoms with Crippen molar-refractivity contribution in [2.45, 2.75) is 64.9 Å². The lowest BCUT2D eigenvalue weighted by atomic mass is 9.80. The van der Waals surface area contributed by atoms with Gasteiger partial charge in [-0.25, -0.2) is 4.79 Å². The van der Waals surface area contributed by atoms with Crippen LogP contribution >= 0.6 is 0 Å². The Bertz CT molecular complexity index is 842. The van der Waals surface area contributed by atoms with E-state index in [0.29, 0.717) is 49.7 Å². The van der Waals surface area contributed by atoms with E-state index in [1.807, 2.05) is 0 Å². The number of carbonyl (C=O) groups is 4. The quantitative estimate of drug-likeness (QED) is 0.508. The lowest BCUT2D eigenvalue weighted by molar-refractivity contribution is -0.160. The fourth-order valence-corrected chi connectivity index (χ4v) is 4.78. The molecule has 4 rings (SSSR count). The predicted octanol–water partition coefficient (Wildman–Crippen LogP) is 3.78. The van der Waals surface area contributed by atoms with Crippen LogP contribution in [0.1, 0.15) is 58.8 Å². The summed E-state index contributed by atoms with van der Waals surface area (Å²) >= 11 is 0. The minimum atomic E-state index is -0.863. The number of carboxylic acids is 1. The molecule has 4 aliphatic rings. The Balaban J connectivity index is 0.000000238. The zero-order chi connectivity index (χ0) is 23.3. The summed E-state index contributed by atoms with van der Waals surface area (Å²) in [4.78, 5) is 46.1. The molecule has 1 N–H and O–H groups in total. The molecule has 0 aromatic carbocycles. The Kier molecular flexibility index (Phi) is 7.69. The number of allylic oxidation sites excluding steroid dienone is 4. The highest BCUT2D eigenvalue weighted by molar-refractivity contribution is 5.92. The second-order valence-corrected chi connectivity index (χ2v) is 9.23. The summed E-state index contributed by atoms with van der Waals surface area (Å²) in [6, 6.07) is 0. The number of carboxylic acid groups (broad SMARTS) is 1. The molecule has 0 saturated heterocycles. The van der Waals surface area contributed by atoms with Gasteiger partial charge in [0.25, 0.3) is 0 Å². The van der Waals surface area contributed by atoms with Gasteiger partial charge in [-0.15, -0.1) is 0 Å². The first-order chi connectivity index (χ1) is 15.2. The molecule has 0 amide bonds. The van der Waals surface area contributed by atoms with E-state index in [-0.39, 0.29) is 30.2 Å². The van der Waals surface area contributed by atoms with Crippen LogP contribution < -0.4 is 0 Å². The number of aliphatic carboxylic acids is 1. The Hall–Kier alpha value is -2.70. The van der Waals surface area contributed by atoms with Gasteiger partial charge in [0.05, 0.1) is 17.9 Å². The molecule has 4 aliphatic carbocycles. The molecule has 7 heteroatoms. The average Bonchev–Trinajstić information content (AvgIpc) is 3.40. The summed E-state index contributed by atoms with van der Waals surface area (Å²) in [6.45, 7) is 3.80. The Morgan fingerprint density at radius 1 is 1.16 bits per heavy atom. The van der Waals surface area contributed by atoms with Gasteiger partial charge in [-0.2, -0.15) is 0 Å². The Labute approximate surface area is 188 Å². The van der Waals surface area contributed by atoms with Crippen LogP contribution in [0.25, 0.3) is 0 Å². The molecule has 0 heterocycles. The van der Waals surface area contributed by atoms with E-state index < -0.39 is 17.4 Å². The van der Waals surface area contributed by atoms with Crippen molar-refractivity contribution in [3.63, 3.8) is 0 Å². The SMILES string of the molecule is CCOC(=O)C1=CC=CC(C)(C(=O)OC2CCC(=O)CC2)C1.O=C(O)C1CC2C=CC1C2. The van der Waals surface area contributed by atoms with Crippen molar-refractivity contribution in [2.24, 2.45) is 23.2 Å². The summed E-state index contributed by atoms with van der Waals surface area (Å²) < 4.78 is 10.5. The molecule has 0 radical (unpaired) electrons. The maximum Gasteiger partial charge on any atom is 0.334 e. The molecule has 32 heavy (non-hydrogen) atoms. The highest BCUT2D eigenvalue weighted by Gasteiger charge is 2.40. The number of fused-ring (bicyclic) bond motifs is 2. The van der Waals surface area contributed by atoms with Gasteiger partial charge in [0.15, 0.2) is 0 Å². The van der Waals surface area contributed by atoms with Crippen molar-refractivity contribution in [3.05, 3.63) is 36.0 Å². The fourth-order valence-electron chi connectivity index (χ4n) is 4.78. The minimum absolute atomic E-state index is 0.0741. The van der Waals surface area contributed by atoms with E-state index in [9.17, 15) is 19.2 Å². The number of hydrogen-bond acceptors (Lipinski definition) is 6. The number of hydrogen-bond donors (Lipinski definition) is 1. The van der Waals surface area contributed by atoms with Crippen LogP contribution in [0, 0.1) is 23.2 Å². The van der Waals surface area contributed by atoms with Crippen LogP contribution in [-0.4, -0.2) is 41.5 Å². The maximum absolute atomic E-state index is 12.5. The molecule has 2 fully saturated rings. The molecule has 174 valence electrons. The molecular weight excluding hydrogens is 412 g/mol. The molecule has 0 aromatic rings. The highest BCUT2D eigenvalue weighted by Crippen LogP contribution is 2.43. The number of ketones is 1. The molecule has 4 unspecified atom stereocenters. The van der Waals surface area contributed by atoms with Crippen molar-refractivity contribution in [2.75, 3.05) is 6.61 Å². The lowest BCUT2D eigenvalue weighted by Crippen LogP contribution is -2.35. The first kappa shape index (κ1) is 24.0. The summed E-state index contributed by atoms with van der Waals surface area (Å²) in [5.41, 5.74) is -0.388. The van der Waals surface area contributed by atoms with E-state index in [4.69, 9.17) is 14.6 Å². The maximum atomic E-state index is 12.5. The van der Waals surface area contributed by atoms with Crippen LogP contribution in [0.3, 0.4) is 0 Å². The molecular formula is C25H32O7. The summed E-state index contributed by atoms with van der Waals surface area (Å²) in [5.74, 6) is -0.281. The number of ether oxygens (including phenoxy) is 2. The summed E-state index contributed by atoms with van der Waals surface area (Å²) in [7, 11) is 0. The van der Waals surface area contributed by atoms with Gasteiger partial charge in [0, 0.05) is 18.4 Å². The van der Waals surface area contributed by atoms with Crippen LogP contribution in [-0.2, 0) is 28.7 Å². The standard InChI is InChI=1S/C17H22O5.C8H10O2/c1-3-21-15(19)12-5-4-10-17(2,11-12)16(20)22-14-8-6-13(18)7-9-14;9-8(10)7-4-5-1-2-6(7)3-5/h4-5,10,14H,3,6-9,11H2,1-2H3;1-2,5-7H,3-4H2,(H,9,10). The molecule has 0 aromatic heterocycles. The molecule has 2 bridgehead atoms. The second-order valence-electron chi connectivity index (χ2n) is 9.23. The molecule has 7 nitrogen and oxygen atoms in total. The molecule has 2 saturated carbocycles. The van der Waals surface area contributed by atoms with Crippen LogP contribution in [0.2, 0.25) is 0 Å². The average molecular weight is 445 g/mol. The van der Waals surface area contributed by atoms with Gasteiger partial charge in [-0.05, 0) is 57.8 Å². The largest absolute Gasteiger partial charge is 0.481 e. The Morgan fingerprint density at radius 3 is 2.41 bits per heavy atom. The third kappa shape index (κ3) is 5.75. The third-order valence-corrected chi connectivity index (χ3v) is 6.68. The highest BCUT2D eigenvalue weighted by atomic mass is 16.5. The normalized spacial score (nSPS) is 30.9. The Morgan fingerprint density at radius 2 is 1.88 bits per heavy atom. The zero-order valence-electron chi connectivity index (χ0n) is 18.7. The third-order valence-electron chi connectivity index (χ3n) is 6.68. The van der Waals surface area contributed by atoms with Crippen molar-refractivity contribution in [1.82, 2.24) is 0 Å². The number of rotatable bonds is 5. The first-order valence-corrected chi connectivity index (χ1v) is 11.4. The van der Waals surface area contributed by atoms with Gasteiger partial charge in [0.1, 0.15) is 11.9 Å². The minimum Gasteiger partial charge on any atom is -0.481 e. The van der Waals surface area contributed by atoms with E-state index >= 15 is 0 Å². The van der Waals surface area contributed by atoms with Crippen molar-refractivity contribution in [3.8, 4) is 0 Å². The van der Waals surface area contributed by atoms with E-state index in [1.165, 1.54) is 0 Å². The summed E-state index contributed by atoms with van der Waals surface area (Å²) in [5, 5.41) is 8.70. The van der Waals surface area contributed by atoms with Gasteiger partial charge in [-0.1, -0.05) is 30.4 Å². The van der Waals surface area contributed by atoms with Crippen LogP contribution in [0.15, 0.2) is 36.0 Å². The van der Waals surface area contributed by atoms with Gasteiger partial charge in [-0.3, -0.25) is 14.4 Å². The molecule has 0 spiro atoms. The van der Waals surface area contributed by atoms with Crippen molar-refractivity contribution < 1.29 is 33.8 Å². The van der Waals surface area contributed by atoms with Gasteiger partial charge < -0.3 is 14.6 Å². The van der Waals surface area contributed by atoms with E-state index in [0.717, 1.165) is 12.8 Å². The van der Waals surface area contributed by atoms with Crippen LogP contribution in [0.5, 0.6) is 0 Å². The van der Waals surface area contributed by atoms with Crippen molar-refractivity contribution >= 4 is 23.7 Å². The number of carbonyl (C=O) groups excluding carboxylic acids is 3. The second kappa shape index (κ2) is 10.3. The smallest absolute Gasteiger partial charge is 0.334 e. The first-order valence-electron chi connectivity index (χ1n) is 11.4. The van der Waals surface area contributed by atoms with E-state index in [1.54, 1.807) is 32.1 Å². The number of Topliss-reactive ketones (excluding diaryl/α,β-unsaturated/α-hetero) is 1. The number of esters is 2. The van der Waals surface area contributed by atoms with Gasteiger partial charge >= 0.3 is 17.9 Å². The zero-order valence-corrected chi connectivity index (χ0v) is 18.7. The topological polar surface area (TPSA) is 107 Å². The lowest BCUT2D eigenvalue weighted by Gasteiger charge is -2.30. The predicted molar refractivity (Wildman–Crippen MR) is 116 cm³/mol. The fraction of sp³-hybridized carbons (Fsp3) is 0.600.